The maximum absolute atomic E-state index is 13.8. The summed E-state index contributed by atoms with van der Waals surface area (Å²) < 4.78 is 13.8. The largest absolute Gasteiger partial charge is 0.480 e. The Hall–Kier alpha value is -1.17. The molecule has 1 aliphatic heterocycles. The molecule has 1 aliphatic rings. The van der Waals surface area contributed by atoms with Crippen molar-refractivity contribution in [1.82, 2.24) is 10.2 Å². The number of aliphatic carboxylic acids is 1. The Morgan fingerprint density at radius 3 is 2.72 bits per heavy atom. The molecule has 0 aromatic heterocycles. The van der Waals surface area contributed by atoms with Gasteiger partial charge in [-0.3, -0.25) is 9.69 Å². The second-order valence-electron chi connectivity index (χ2n) is 4.19. The fourth-order valence-electron chi connectivity index (χ4n) is 2.15. The first-order valence-electron chi connectivity index (χ1n) is 5.72. The summed E-state index contributed by atoms with van der Waals surface area (Å²) >= 11 is 5.81. The number of carboxylic acid groups (broad SMARTS) is 1. The summed E-state index contributed by atoms with van der Waals surface area (Å²) in [4.78, 5) is 13.1. The number of halogens is 2. The number of nitrogens with one attached hydrogen (secondary N) is 1. The third kappa shape index (κ3) is 2.80. The van der Waals surface area contributed by atoms with E-state index in [1.54, 1.807) is 4.90 Å². The van der Waals surface area contributed by atoms with Crippen LogP contribution in [-0.2, 0) is 4.79 Å². The van der Waals surface area contributed by atoms with Crippen molar-refractivity contribution in [2.75, 3.05) is 26.2 Å². The lowest BCUT2D eigenvalue weighted by Gasteiger charge is -2.32. The minimum atomic E-state index is -1.06. The van der Waals surface area contributed by atoms with Gasteiger partial charge in [-0.25, -0.2) is 4.39 Å². The van der Waals surface area contributed by atoms with Gasteiger partial charge in [0.2, 0.25) is 0 Å². The highest BCUT2D eigenvalue weighted by atomic mass is 35.5. The quantitative estimate of drug-likeness (QED) is 0.876. The molecular weight excluding hydrogens is 259 g/mol. The molecule has 0 radical (unpaired) electrons. The van der Waals surface area contributed by atoms with E-state index in [9.17, 15) is 14.3 Å². The van der Waals surface area contributed by atoms with E-state index in [4.69, 9.17) is 11.6 Å². The zero-order valence-corrected chi connectivity index (χ0v) is 10.5. The second kappa shape index (κ2) is 5.65. The maximum Gasteiger partial charge on any atom is 0.325 e. The molecule has 4 nitrogen and oxygen atoms in total. The highest BCUT2D eigenvalue weighted by Crippen LogP contribution is 2.26. The van der Waals surface area contributed by atoms with Gasteiger partial charge in [-0.1, -0.05) is 11.6 Å². The summed E-state index contributed by atoms with van der Waals surface area (Å²) in [5, 5.41) is 12.8. The minimum absolute atomic E-state index is 0.122. The minimum Gasteiger partial charge on any atom is -0.480 e. The van der Waals surface area contributed by atoms with E-state index in [1.165, 1.54) is 18.2 Å². The van der Waals surface area contributed by atoms with Gasteiger partial charge in [0.15, 0.2) is 0 Å². The molecule has 1 unspecified atom stereocenters. The van der Waals surface area contributed by atoms with Crippen molar-refractivity contribution in [3.8, 4) is 0 Å². The van der Waals surface area contributed by atoms with E-state index in [0.29, 0.717) is 31.2 Å². The fourth-order valence-corrected chi connectivity index (χ4v) is 2.33. The first kappa shape index (κ1) is 13.3. The Bertz CT molecular complexity index is 450. The lowest BCUT2D eigenvalue weighted by atomic mass is 10.0. The number of nitrogens with zero attached hydrogens (tertiary/aromatic N) is 1. The van der Waals surface area contributed by atoms with E-state index < -0.39 is 17.8 Å². The van der Waals surface area contributed by atoms with Crippen LogP contribution in [-0.4, -0.2) is 42.2 Å². The SMILES string of the molecule is O=C(O)C(c1cc(Cl)ccc1F)N1CCNCC1. The Morgan fingerprint density at radius 2 is 2.11 bits per heavy atom. The molecule has 6 heteroatoms. The van der Waals surface area contributed by atoms with Gasteiger partial charge in [0.05, 0.1) is 0 Å². The molecule has 1 saturated heterocycles. The Labute approximate surface area is 109 Å². The van der Waals surface area contributed by atoms with Crippen LogP contribution in [0.25, 0.3) is 0 Å². The van der Waals surface area contributed by atoms with Gasteiger partial charge in [-0.2, -0.15) is 0 Å². The number of hydrogen-bond acceptors (Lipinski definition) is 3. The van der Waals surface area contributed by atoms with Crippen LogP contribution in [0.2, 0.25) is 5.02 Å². The van der Waals surface area contributed by atoms with Gasteiger partial charge in [-0.15, -0.1) is 0 Å². The molecule has 0 bridgehead atoms. The summed E-state index contributed by atoms with van der Waals surface area (Å²) in [6.45, 7) is 2.55. The fraction of sp³-hybridized carbons (Fsp3) is 0.417. The Kier molecular flexibility index (Phi) is 4.16. The van der Waals surface area contributed by atoms with Gasteiger partial charge in [-0.05, 0) is 18.2 Å². The zero-order chi connectivity index (χ0) is 13.1. The smallest absolute Gasteiger partial charge is 0.325 e. The van der Waals surface area contributed by atoms with E-state index >= 15 is 0 Å². The van der Waals surface area contributed by atoms with Crippen LogP contribution in [0, 0.1) is 5.82 Å². The van der Waals surface area contributed by atoms with Gasteiger partial charge in [0.25, 0.3) is 0 Å². The van der Waals surface area contributed by atoms with E-state index in [-0.39, 0.29) is 5.56 Å². The molecule has 0 amide bonds. The summed E-state index contributed by atoms with van der Waals surface area (Å²) in [5.74, 6) is -1.59. The molecule has 2 N–H and O–H groups in total. The standard InChI is InChI=1S/C12H14ClFN2O2/c13-8-1-2-10(14)9(7-8)11(12(17)18)16-5-3-15-4-6-16/h1-2,7,11,15H,3-6H2,(H,17,18). The molecule has 0 aliphatic carbocycles. The lowest BCUT2D eigenvalue weighted by molar-refractivity contribution is -0.144. The number of carboxylic acids is 1. The molecule has 1 fully saturated rings. The van der Waals surface area contributed by atoms with Gasteiger partial charge in [0.1, 0.15) is 11.9 Å². The molecule has 1 aromatic rings. The summed E-state index contributed by atoms with van der Waals surface area (Å²) in [6.07, 6.45) is 0. The second-order valence-corrected chi connectivity index (χ2v) is 4.63. The number of hydrogen-bond donors (Lipinski definition) is 2. The van der Waals surface area contributed by atoms with E-state index in [0.717, 1.165) is 0 Å². The lowest BCUT2D eigenvalue weighted by Crippen LogP contribution is -2.47. The van der Waals surface area contributed by atoms with E-state index in [2.05, 4.69) is 5.32 Å². The molecule has 98 valence electrons. The topological polar surface area (TPSA) is 52.6 Å². The summed E-state index contributed by atoms with van der Waals surface area (Å²) in [6, 6.07) is 3.02. The predicted molar refractivity (Wildman–Crippen MR) is 66.2 cm³/mol. The number of piperazine rings is 1. The van der Waals surface area contributed by atoms with Crippen LogP contribution in [0.5, 0.6) is 0 Å². The van der Waals surface area contributed by atoms with Crippen molar-refractivity contribution < 1.29 is 14.3 Å². The monoisotopic (exact) mass is 272 g/mol. The molecule has 0 spiro atoms. The van der Waals surface area contributed by atoms with Crippen LogP contribution < -0.4 is 5.32 Å². The highest BCUT2D eigenvalue weighted by Gasteiger charge is 2.30. The number of carbonyl (C=O) groups is 1. The molecule has 2 rings (SSSR count). The third-order valence-corrected chi connectivity index (χ3v) is 3.24. The van der Waals surface area contributed by atoms with Crippen molar-refractivity contribution >= 4 is 17.6 Å². The average Bonchev–Trinajstić information content (AvgIpc) is 2.35. The van der Waals surface area contributed by atoms with Crippen molar-refractivity contribution in [2.24, 2.45) is 0 Å². The number of benzene rings is 1. The maximum atomic E-state index is 13.8. The Balaban J connectivity index is 2.34. The zero-order valence-electron chi connectivity index (χ0n) is 9.70. The van der Waals surface area contributed by atoms with Crippen molar-refractivity contribution in [3.63, 3.8) is 0 Å². The molecule has 0 saturated carbocycles. The molecule has 1 atom stereocenters. The number of rotatable bonds is 3. The normalized spacial score (nSPS) is 18.6. The van der Waals surface area contributed by atoms with Crippen LogP contribution in [0.15, 0.2) is 18.2 Å². The average molecular weight is 273 g/mol. The van der Waals surface area contributed by atoms with Crippen molar-refractivity contribution in [3.05, 3.63) is 34.6 Å². The van der Waals surface area contributed by atoms with Gasteiger partial charge < -0.3 is 10.4 Å². The summed E-state index contributed by atoms with van der Waals surface area (Å²) in [5.41, 5.74) is 0.122. The van der Waals surface area contributed by atoms with Gasteiger partial charge >= 0.3 is 5.97 Å². The molecular formula is C12H14ClFN2O2. The van der Waals surface area contributed by atoms with Gasteiger partial charge in [0, 0.05) is 36.8 Å². The first-order valence-corrected chi connectivity index (χ1v) is 6.10. The molecule has 1 heterocycles. The Morgan fingerprint density at radius 1 is 1.44 bits per heavy atom. The summed E-state index contributed by atoms with van der Waals surface area (Å²) in [7, 11) is 0. The molecule has 1 aromatic carbocycles. The van der Waals surface area contributed by atoms with Crippen LogP contribution >= 0.6 is 11.6 Å². The van der Waals surface area contributed by atoms with E-state index in [1.807, 2.05) is 0 Å². The highest BCUT2D eigenvalue weighted by molar-refractivity contribution is 6.30. The third-order valence-electron chi connectivity index (χ3n) is 3.00. The van der Waals surface area contributed by atoms with Crippen LogP contribution in [0.4, 0.5) is 4.39 Å². The predicted octanol–water partition coefficient (Wildman–Crippen LogP) is 1.51. The first-order chi connectivity index (χ1) is 8.59. The van der Waals surface area contributed by atoms with Crippen molar-refractivity contribution in [2.45, 2.75) is 6.04 Å². The van der Waals surface area contributed by atoms with Crippen LogP contribution in [0.1, 0.15) is 11.6 Å². The molecule has 18 heavy (non-hydrogen) atoms. The van der Waals surface area contributed by atoms with Crippen LogP contribution in [0.3, 0.4) is 0 Å². The van der Waals surface area contributed by atoms with Crippen molar-refractivity contribution in [1.29, 1.82) is 0 Å².